The van der Waals surface area contributed by atoms with E-state index in [1.807, 2.05) is 50.2 Å². The van der Waals surface area contributed by atoms with Crippen LogP contribution in [-0.2, 0) is 0 Å². The molecule has 1 atom stereocenters. The second-order valence-corrected chi connectivity index (χ2v) is 5.04. The quantitative estimate of drug-likeness (QED) is 0.622. The first-order valence-electron chi connectivity index (χ1n) is 5.62. The van der Waals surface area contributed by atoms with Crippen LogP contribution in [0, 0.1) is 25.2 Å². The van der Waals surface area contributed by atoms with Crippen LogP contribution in [0.4, 0.5) is 0 Å². The molecule has 0 N–H and O–H groups in total. The number of aromatic nitrogens is 2. The Morgan fingerprint density at radius 1 is 1.11 bits per heavy atom. The van der Waals surface area contributed by atoms with Gasteiger partial charge in [-0.3, -0.25) is 0 Å². The molecular weight excluding hydrogens is 242 g/mol. The van der Waals surface area contributed by atoms with Gasteiger partial charge in [-0.05, 0) is 25.5 Å². The van der Waals surface area contributed by atoms with Crippen molar-refractivity contribution in [3.05, 3.63) is 53.3 Å². The fourth-order valence-electron chi connectivity index (χ4n) is 1.65. The molecule has 2 aromatic rings. The van der Waals surface area contributed by atoms with Gasteiger partial charge in [0.1, 0.15) is 5.25 Å². The molecule has 0 fully saturated rings. The van der Waals surface area contributed by atoms with Crippen molar-refractivity contribution in [2.45, 2.75) is 24.3 Å². The molecule has 0 radical (unpaired) electrons. The van der Waals surface area contributed by atoms with E-state index in [2.05, 4.69) is 16.0 Å². The zero-order valence-corrected chi connectivity index (χ0v) is 11.1. The third-order valence-electron chi connectivity index (χ3n) is 2.40. The Bertz CT molecular complexity index is 555. The number of hydrogen-bond donors (Lipinski definition) is 0. The first-order chi connectivity index (χ1) is 8.69. The molecule has 0 spiro atoms. The molecule has 0 amide bonds. The maximum absolute atomic E-state index is 9.25. The van der Waals surface area contributed by atoms with Crippen LogP contribution in [0.25, 0.3) is 0 Å². The molecular formula is C14H13N3S. The van der Waals surface area contributed by atoms with Gasteiger partial charge >= 0.3 is 0 Å². The van der Waals surface area contributed by atoms with Crippen molar-refractivity contribution in [1.29, 1.82) is 5.26 Å². The molecule has 4 heteroatoms. The van der Waals surface area contributed by atoms with E-state index >= 15 is 0 Å². The molecule has 0 saturated heterocycles. The fourth-order valence-corrected chi connectivity index (χ4v) is 2.60. The molecule has 0 saturated carbocycles. The van der Waals surface area contributed by atoms with E-state index in [-0.39, 0.29) is 5.25 Å². The Morgan fingerprint density at radius 2 is 1.72 bits per heavy atom. The summed E-state index contributed by atoms with van der Waals surface area (Å²) in [5.74, 6) is 0. The van der Waals surface area contributed by atoms with E-state index in [9.17, 15) is 5.26 Å². The van der Waals surface area contributed by atoms with Crippen molar-refractivity contribution in [3.63, 3.8) is 0 Å². The number of thioether (sulfide) groups is 1. The lowest BCUT2D eigenvalue weighted by Crippen LogP contribution is -1.96. The molecule has 90 valence electrons. The highest BCUT2D eigenvalue weighted by Gasteiger charge is 2.14. The van der Waals surface area contributed by atoms with Gasteiger partial charge in [0.05, 0.1) is 6.07 Å². The second kappa shape index (κ2) is 5.65. The summed E-state index contributed by atoms with van der Waals surface area (Å²) in [5, 5.41) is 9.64. The average molecular weight is 255 g/mol. The second-order valence-electron chi connectivity index (χ2n) is 3.97. The van der Waals surface area contributed by atoms with Gasteiger partial charge in [-0.15, -0.1) is 0 Å². The number of nitriles is 1. The first-order valence-corrected chi connectivity index (χ1v) is 6.50. The smallest absolute Gasteiger partial charge is 0.189 e. The molecule has 18 heavy (non-hydrogen) atoms. The first kappa shape index (κ1) is 12.6. The van der Waals surface area contributed by atoms with Gasteiger partial charge in [0, 0.05) is 11.4 Å². The van der Waals surface area contributed by atoms with Crippen LogP contribution in [0.3, 0.4) is 0 Å². The number of aryl methyl sites for hydroxylation is 2. The van der Waals surface area contributed by atoms with Crippen LogP contribution < -0.4 is 0 Å². The zero-order valence-electron chi connectivity index (χ0n) is 10.3. The Morgan fingerprint density at radius 3 is 2.28 bits per heavy atom. The van der Waals surface area contributed by atoms with Gasteiger partial charge in [0.2, 0.25) is 0 Å². The summed E-state index contributed by atoms with van der Waals surface area (Å²) in [4.78, 5) is 8.70. The van der Waals surface area contributed by atoms with Crippen LogP contribution in [0.2, 0.25) is 0 Å². The van der Waals surface area contributed by atoms with Crippen molar-refractivity contribution in [2.24, 2.45) is 0 Å². The summed E-state index contributed by atoms with van der Waals surface area (Å²) in [5.41, 5.74) is 2.83. The lowest BCUT2D eigenvalue weighted by atomic mass is 10.2. The zero-order chi connectivity index (χ0) is 13.0. The van der Waals surface area contributed by atoms with Crippen LogP contribution in [0.5, 0.6) is 0 Å². The van der Waals surface area contributed by atoms with E-state index in [4.69, 9.17) is 0 Å². The Kier molecular flexibility index (Phi) is 3.96. The third kappa shape index (κ3) is 3.08. The minimum Gasteiger partial charge on any atom is -0.228 e. The summed E-state index contributed by atoms with van der Waals surface area (Å²) >= 11 is 1.39. The molecule has 0 aliphatic heterocycles. The largest absolute Gasteiger partial charge is 0.228 e. The monoisotopic (exact) mass is 255 g/mol. The Labute approximate surface area is 111 Å². The summed E-state index contributed by atoms with van der Waals surface area (Å²) < 4.78 is 0. The van der Waals surface area contributed by atoms with Crippen molar-refractivity contribution < 1.29 is 0 Å². The van der Waals surface area contributed by atoms with Crippen LogP contribution in [0.15, 0.2) is 41.6 Å². The van der Waals surface area contributed by atoms with Gasteiger partial charge in [-0.2, -0.15) is 5.26 Å². The Hall–Kier alpha value is -1.86. The molecule has 3 nitrogen and oxygen atoms in total. The molecule has 0 bridgehead atoms. The van der Waals surface area contributed by atoms with Gasteiger partial charge in [0.25, 0.3) is 0 Å². The number of hydrogen-bond acceptors (Lipinski definition) is 4. The fraction of sp³-hybridized carbons (Fsp3) is 0.214. The maximum atomic E-state index is 9.25. The number of nitrogens with zero attached hydrogens (tertiary/aromatic N) is 3. The highest BCUT2D eigenvalue weighted by Crippen LogP contribution is 2.32. The number of rotatable bonds is 3. The highest BCUT2D eigenvalue weighted by molar-refractivity contribution is 7.99. The average Bonchev–Trinajstić information content (AvgIpc) is 2.36. The van der Waals surface area contributed by atoms with E-state index in [0.29, 0.717) is 5.16 Å². The molecule has 1 aromatic heterocycles. The molecule has 2 rings (SSSR count). The minimum atomic E-state index is -0.271. The highest BCUT2D eigenvalue weighted by atomic mass is 32.2. The molecule has 0 unspecified atom stereocenters. The topological polar surface area (TPSA) is 49.6 Å². The normalized spacial score (nSPS) is 11.8. The van der Waals surface area contributed by atoms with Crippen LogP contribution in [-0.4, -0.2) is 9.97 Å². The van der Waals surface area contributed by atoms with Gasteiger partial charge in [0.15, 0.2) is 5.16 Å². The molecule has 1 heterocycles. The summed E-state index contributed by atoms with van der Waals surface area (Å²) in [6.07, 6.45) is 0. The van der Waals surface area contributed by atoms with Gasteiger partial charge < -0.3 is 0 Å². The van der Waals surface area contributed by atoms with Crippen LogP contribution in [0.1, 0.15) is 22.2 Å². The van der Waals surface area contributed by atoms with E-state index in [1.165, 1.54) is 11.8 Å². The van der Waals surface area contributed by atoms with Crippen molar-refractivity contribution in [3.8, 4) is 6.07 Å². The third-order valence-corrected chi connectivity index (χ3v) is 3.41. The minimum absolute atomic E-state index is 0.271. The predicted octanol–water partition coefficient (Wildman–Crippen LogP) is 3.45. The molecule has 1 aromatic carbocycles. The van der Waals surface area contributed by atoms with Crippen LogP contribution >= 0.6 is 11.8 Å². The Balaban J connectivity index is 2.24. The maximum Gasteiger partial charge on any atom is 0.189 e. The molecule has 0 aliphatic rings. The van der Waals surface area contributed by atoms with E-state index < -0.39 is 0 Å². The summed E-state index contributed by atoms with van der Waals surface area (Å²) in [6, 6.07) is 13.9. The van der Waals surface area contributed by atoms with Gasteiger partial charge in [-0.25, -0.2) is 9.97 Å². The number of benzene rings is 1. The summed E-state index contributed by atoms with van der Waals surface area (Å²) in [6.45, 7) is 3.87. The van der Waals surface area contributed by atoms with Crippen molar-refractivity contribution in [1.82, 2.24) is 9.97 Å². The van der Waals surface area contributed by atoms with E-state index in [1.54, 1.807) is 0 Å². The SMILES string of the molecule is Cc1cc(C)nc(S[C@@H](C#N)c2ccccc2)n1. The summed E-state index contributed by atoms with van der Waals surface area (Å²) in [7, 11) is 0. The predicted molar refractivity (Wildman–Crippen MR) is 72.2 cm³/mol. The standard InChI is InChI=1S/C14H13N3S/c1-10-8-11(2)17-14(16-10)18-13(9-15)12-6-4-3-5-7-12/h3-8,13H,1-2H3/t13-/m0/s1. The van der Waals surface area contributed by atoms with Crippen molar-refractivity contribution in [2.75, 3.05) is 0 Å². The lowest BCUT2D eigenvalue weighted by molar-refractivity contribution is 0.899. The lowest BCUT2D eigenvalue weighted by Gasteiger charge is -2.08. The van der Waals surface area contributed by atoms with Crippen molar-refractivity contribution >= 4 is 11.8 Å². The van der Waals surface area contributed by atoms with Gasteiger partial charge in [-0.1, -0.05) is 42.1 Å². The molecule has 0 aliphatic carbocycles. The van der Waals surface area contributed by atoms with E-state index in [0.717, 1.165) is 17.0 Å².